The van der Waals surface area contributed by atoms with Crippen LogP contribution < -0.4 is 0 Å². The van der Waals surface area contributed by atoms with E-state index in [2.05, 4.69) is 6.92 Å². The first-order chi connectivity index (χ1) is 19.2. The van der Waals surface area contributed by atoms with Gasteiger partial charge < -0.3 is 59.1 Å². The number of carbonyl (C=O) groups is 1. The lowest BCUT2D eigenvalue weighted by Crippen LogP contribution is -2.65. The molecule has 3 fully saturated rings. The highest BCUT2D eigenvalue weighted by atomic mass is 16.9. The molecule has 40 heavy (non-hydrogen) atoms. The second-order valence-electron chi connectivity index (χ2n) is 11.0. The van der Waals surface area contributed by atoms with Gasteiger partial charge >= 0.3 is 5.97 Å². The van der Waals surface area contributed by atoms with Crippen LogP contribution in [0.5, 0.6) is 0 Å². The average molecular weight is 581 g/mol. The molecule has 0 aromatic carbocycles. The molecule has 11 atom stereocenters. The molecule has 3 aliphatic heterocycles. The van der Waals surface area contributed by atoms with Crippen LogP contribution >= 0.6 is 0 Å². The maximum absolute atomic E-state index is 12.9. The van der Waals surface area contributed by atoms with Crippen molar-refractivity contribution in [3.63, 3.8) is 0 Å². The van der Waals surface area contributed by atoms with Crippen molar-refractivity contribution < 1.29 is 63.9 Å². The number of hydrogen-bond donors (Lipinski definition) is 6. The Hall–Kier alpha value is -0.970. The number of esters is 1. The third kappa shape index (κ3) is 8.10. The van der Waals surface area contributed by atoms with Crippen LogP contribution in [0.1, 0.15) is 78.1 Å². The molecule has 0 saturated carbocycles. The van der Waals surface area contributed by atoms with Crippen LogP contribution in [-0.2, 0) is 33.2 Å². The van der Waals surface area contributed by atoms with E-state index in [1.54, 1.807) is 6.92 Å². The minimum Gasteiger partial charge on any atom is -0.453 e. The Kier molecular flexibility index (Phi) is 13.4. The van der Waals surface area contributed by atoms with Gasteiger partial charge in [0, 0.05) is 6.42 Å². The first kappa shape index (κ1) is 33.5. The minimum absolute atomic E-state index is 0.0712. The van der Waals surface area contributed by atoms with Crippen LogP contribution in [0.2, 0.25) is 0 Å². The van der Waals surface area contributed by atoms with Gasteiger partial charge in [-0.1, -0.05) is 58.3 Å². The fraction of sp³-hybridized carbons (Fsp3) is 0.963. The molecule has 0 amide bonds. The van der Waals surface area contributed by atoms with E-state index in [-0.39, 0.29) is 13.0 Å². The molecular formula is C27H48O13. The Morgan fingerprint density at radius 1 is 0.825 bits per heavy atom. The van der Waals surface area contributed by atoms with E-state index in [4.69, 9.17) is 28.4 Å². The van der Waals surface area contributed by atoms with Gasteiger partial charge in [0.1, 0.15) is 36.6 Å². The highest BCUT2D eigenvalue weighted by Gasteiger charge is 2.66. The molecule has 0 radical (unpaired) electrons. The van der Waals surface area contributed by atoms with Crippen LogP contribution in [-0.4, -0.2) is 124 Å². The van der Waals surface area contributed by atoms with Crippen LogP contribution in [0.25, 0.3) is 0 Å². The molecule has 0 aromatic rings. The normalized spacial score (nSPS) is 40.0. The first-order valence-corrected chi connectivity index (χ1v) is 14.6. The van der Waals surface area contributed by atoms with Gasteiger partial charge in [0.05, 0.1) is 25.9 Å². The summed E-state index contributed by atoms with van der Waals surface area (Å²) in [6.45, 7) is 2.62. The van der Waals surface area contributed by atoms with Gasteiger partial charge in [-0.05, 0) is 13.3 Å². The molecule has 234 valence electrons. The third-order valence-electron chi connectivity index (χ3n) is 7.66. The molecule has 3 saturated heterocycles. The van der Waals surface area contributed by atoms with Crippen molar-refractivity contribution in [2.45, 2.75) is 145 Å². The first-order valence-electron chi connectivity index (χ1n) is 14.6. The Labute approximate surface area is 235 Å². The predicted octanol–water partition coefficient (Wildman–Crippen LogP) is -0.155. The average Bonchev–Trinajstić information content (AvgIpc) is 3.49. The van der Waals surface area contributed by atoms with E-state index in [1.807, 2.05) is 0 Å². The van der Waals surface area contributed by atoms with E-state index in [9.17, 15) is 35.4 Å². The number of rotatable bonds is 16. The summed E-state index contributed by atoms with van der Waals surface area (Å²) in [6.07, 6.45) is -4.83. The third-order valence-corrected chi connectivity index (χ3v) is 7.66. The number of ether oxygens (including phenoxy) is 6. The number of aliphatic hydroxyl groups is 6. The van der Waals surface area contributed by atoms with Gasteiger partial charge in [-0.15, -0.1) is 0 Å². The van der Waals surface area contributed by atoms with E-state index in [0.717, 1.165) is 25.7 Å². The van der Waals surface area contributed by atoms with E-state index in [0.29, 0.717) is 6.42 Å². The van der Waals surface area contributed by atoms with Crippen molar-refractivity contribution in [2.75, 3.05) is 19.8 Å². The summed E-state index contributed by atoms with van der Waals surface area (Å²) in [5.41, 5.74) is 0. The molecule has 3 rings (SSSR count). The summed E-state index contributed by atoms with van der Waals surface area (Å²) in [5.74, 6) is -2.86. The Morgan fingerprint density at radius 2 is 1.45 bits per heavy atom. The lowest BCUT2D eigenvalue weighted by atomic mass is 9.98. The van der Waals surface area contributed by atoms with E-state index < -0.39 is 86.4 Å². The van der Waals surface area contributed by atoms with Crippen LogP contribution in [0.3, 0.4) is 0 Å². The van der Waals surface area contributed by atoms with Crippen molar-refractivity contribution >= 4 is 5.97 Å². The van der Waals surface area contributed by atoms with Gasteiger partial charge in [-0.3, -0.25) is 4.79 Å². The second kappa shape index (κ2) is 16.0. The van der Waals surface area contributed by atoms with Gasteiger partial charge in [0.15, 0.2) is 12.4 Å². The summed E-state index contributed by atoms with van der Waals surface area (Å²) in [6, 6.07) is 0. The van der Waals surface area contributed by atoms with E-state index in [1.165, 1.54) is 25.7 Å². The zero-order valence-electron chi connectivity index (χ0n) is 23.5. The molecule has 13 heteroatoms. The summed E-state index contributed by atoms with van der Waals surface area (Å²) in [7, 11) is 0. The second-order valence-corrected chi connectivity index (χ2v) is 11.0. The quantitative estimate of drug-likeness (QED) is 0.104. The number of unbranched alkanes of at least 4 members (excludes halogenated alkanes) is 8. The molecular weight excluding hydrogens is 532 g/mol. The molecule has 6 N–H and O–H groups in total. The monoisotopic (exact) mass is 580 g/mol. The summed E-state index contributed by atoms with van der Waals surface area (Å²) in [5, 5.41) is 61.4. The van der Waals surface area contributed by atoms with Gasteiger partial charge in [0.25, 0.3) is 5.79 Å². The highest BCUT2D eigenvalue weighted by molar-refractivity contribution is 5.69. The molecule has 3 heterocycles. The summed E-state index contributed by atoms with van der Waals surface area (Å²) in [4.78, 5) is 12.9. The topological polar surface area (TPSA) is 194 Å². The van der Waals surface area contributed by atoms with Gasteiger partial charge in [-0.2, -0.15) is 0 Å². The molecule has 2 unspecified atom stereocenters. The standard InChI is InChI=1S/C27H48O13/c1-3-4-5-6-7-8-9-10-11-12-19(30)38-24-21(32)18(14-29)39-27(24,26-35-15-16(2)36-26)40-25-23(34)22(33)20(31)17(13-28)37-25/h16-18,20-26,28-29,31-34H,3-15H2,1-2H3/t16?,17-,18-,20-,21-,22+,23-,24+,25-,26?,27-/m1/s1. The Morgan fingerprint density at radius 3 is 2.02 bits per heavy atom. The fourth-order valence-electron chi connectivity index (χ4n) is 5.29. The predicted molar refractivity (Wildman–Crippen MR) is 138 cm³/mol. The summed E-state index contributed by atoms with van der Waals surface area (Å²) < 4.78 is 34.5. The Balaban J connectivity index is 1.70. The van der Waals surface area contributed by atoms with Crippen molar-refractivity contribution in [1.82, 2.24) is 0 Å². The smallest absolute Gasteiger partial charge is 0.306 e. The van der Waals surface area contributed by atoms with Gasteiger partial charge in [0.2, 0.25) is 6.29 Å². The van der Waals surface area contributed by atoms with Crippen LogP contribution in [0, 0.1) is 0 Å². The Bertz CT molecular complexity index is 754. The zero-order chi connectivity index (χ0) is 29.3. The van der Waals surface area contributed by atoms with Crippen LogP contribution in [0.4, 0.5) is 0 Å². The molecule has 3 aliphatic rings. The minimum atomic E-state index is -2.22. The van der Waals surface area contributed by atoms with Crippen molar-refractivity contribution in [3.8, 4) is 0 Å². The van der Waals surface area contributed by atoms with Crippen molar-refractivity contribution in [1.29, 1.82) is 0 Å². The molecule has 0 aliphatic carbocycles. The maximum atomic E-state index is 12.9. The largest absolute Gasteiger partial charge is 0.453 e. The van der Waals surface area contributed by atoms with Crippen molar-refractivity contribution in [3.05, 3.63) is 0 Å². The molecule has 0 spiro atoms. The van der Waals surface area contributed by atoms with Crippen LogP contribution in [0.15, 0.2) is 0 Å². The SMILES string of the molecule is CCCCCCCCCCCC(=O)O[C@H]1[C@H](O)[C@@H](CO)O[C@]1(O[C@H]1O[C@H](CO)[C@@H](O)[C@H](O)[C@H]1O)C1OCC(C)O1. The fourth-order valence-corrected chi connectivity index (χ4v) is 5.29. The lowest BCUT2D eigenvalue weighted by Gasteiger charge is -2.45. The van der Waals surface area contributed by atoms with Gasteiger partial charge in [-0.25, -0.2) is 0 Å². The highest BCUT2D eigenvalue weighted by Crippen LogP contribution is 2.43. The summed E-state index contributed by atoms with van der Waals surface area (Å²) >= 11 is 0. The number of carbonyl (C=O) groups excluding carboxylic acids is 1. The number of hydrogen-bond acceptors (Lipinski definition) is 13. The maximum Gasteiger partial charge on any atom is 0.306 e. The van der Waals surface area contributed by atoms with E-state index >= 15 is 0 Å². The zero-order valence-corrected chi connectivity index (χ0v) is 23.5. The molecule has 13 nitrogen and oxygen atoms in total. The molecule has 0 aromatic heterocycles. The lowest BCUT2D eigenvalue weighted by molar-refractivity contribution is -0.415. The number of aliphatic hydroxyl groups excluding tert-OH is 6. The molecule has 0 bridgehead atoms. The van der Waals surface area contributed by atoms with Crippen molar-refractivity contribution in [2.24, 2.45) is 0 Å².